The van der Waals surface area contributed by atoms with Gasteiger partial charge in [-0.3, -0.25) is 0 Å². The van der Waals surface area contributed by atoms with E-state index in [1.165, 1.54) is 16.7 Å². The summed E-state index contributed by atoms with van der Waals surface area (Å²) in [4.78, 5) is 11.2. The fourth-order valence-corrected chi connectivity index (χ4v) is 2.56. The number of carbonyl (C=O) groups excluding carboxylic acids is 1. The van der Waals surface area contributed by atoms with Crippen LogP contribution in [-0.2, 0) is 14.9 Å². The van der Waals surface area contributed by atoms with Crippen LogP contribution in [0.2, 0.25) is 0 Å². The second-order valence-electron chi connectivity index (χ2n) is 4.54. The minimum absolute atomic E-state index is 0.373. The minimum atomic E-state index is -0.373. The van der Waals surface area contributed by atoms with Crippen molar-refractivity contribution >= 4 is 6.29 Å². The molecule has 80 valence electrons. The van der Waals surface area contributed by atoms with Gasteiger partial charge in [0, 0.05) is 0 Å². The van der Waals surface area contributed by atoms with Gasteiger partial charge in [0.15, 0.2) is 0 Å². The Hall–Kier alpha value is -1.15. The highest BCUT2D eigenvalue weighted by molar-refractivity contribution is 5.72. The topological polar surface area (TPSA) is 26.3 Å². The van der Waals surface area contributed by atoms with E-state index in [-0.39, 0.29) is 5.41 Å². The largest absolute Gasteiger partial charge is 0.379 e. The molecule has 15 heavy (non-hydrogen) atoms. The molecule has 1 fully saturated rings. The van der Waals surface area contributed by atoms with E-state index in [0.717, 1.165) is 11.8 Å². The quantitative estimate of drug-likeness (QED) is 0.689. The van der Waals surface area contributed by atoms with Crippen LogP contribution in [0.3, 0.4) is 0 Å². The molecule has 2 rings (SSSR count). The first-order valence-electron chi connectivity index (χ1n) is 5.21. The van der Waals surface area contributed by atoms with Crippen molar-refractivity contribution in [2.75, 3.05) is 13.2 Å². The van der Waals surface area contributed by atoms with E-state index in [2.05, 4.69) is 32.9 Å². The summed E-state index contributed by atoms with van der Waals surface area (Å²) in [6.07, 6.45) is 1.04. The minimum Gasteiger partial charge on any atom is -0.379 e. The number of ether oxygens (including phenoxy) is 1. The van der Waals surface area contributed by atoms with Crippen LogP contribution >= 0.6 is 0 Å². The zero-order valence-electron chi connectivity index (χ0n) is 9.46. The zero-order valence-corrected chi connectivity index (χ0v) is 9.46. The molecule has 0 N–H and O–H groups in total. The zero-order chi connectivity index (χ0) is 11.1. The predicted octanol–water partition coefficient (Wildman–Crippen LogP) is 2.08. The van der Waals surface area contributed by atoms with Crippen molar-refractivity contribution in [3.05, 3.63) is 34.4 Å². The molecular weight excluding hydrogens is 188 g/mol. The monoisotopic (exact) mass is 204 g/mol. The molecule has 0 aliphatic carbocycles. The van der Waals surface area contributed by atoms with Crippen LogP contribution in [0.1, 0.15) is 22.3 Å². The molecule has 0 amide bonds. The lowest BCUT2D eigenvalue weighted by atomic mass is 9.75. The summed E-state index contributed by atoms with van der Waals surface area (Å²) < 4.78 is 5.19. The third kappa shape index (κ3) is 1.49. The Balaban J connectivity index is 2.56. The molecule has 1 aliphatic heterocycles. The average Bonchev–Trinajstić information content (AvgIpc) is 2.07. The van der Waals surface area contributed by atoms with E-state index in [1.807, 2.05) is 0 Å². The molecule has 0 saturated carbocycles. The summed E-state index contributed by atoms with van der Waals surface area (Å²) in [5.41, 5.74) is 4.43. The van der Waals surface area contributed by atoms with Gasteiger partial charge in [0.05, 0.1) is 18.6 Å². The molecular formula is C13H16O2. The molecule has 0 radical (unpaired) electrons. The molecule has 0 spiro atoms. The fourth-order valence-electron chi connectivity index (χ4n) is 2.56. The van der Waals surface area contributed by atoms with E-state index in [4.69, 9.17) is 4.74 Å². The van der Waals surface area contributed by atoms with Crippen molar-refractivity contribution in [2.45, 2.75) is 26.2 Å². The Bertz CT molecular complexity index is 380. The third-order valence-corrected chi connectivity index (χ3v) is 3.12. The van der Waals surface area contributed by atoms with Crippen molar-refractivity contribution in [2.24, 2.45) is 0 Å². The van der Waals surface area contributed by atoms with Gasteiger partial charge >= 0.3 is 0 Å². The molecule has 0 aromatic heterocycles. The highest BCUT2D eigenvalue weighted by Gasteiger charge is 2.42. The van der Waals surface area contributed by atoms with E-state index < -0.39 is 0 Å². The van der Waals surface area contributed by atoms with Gasteiger partial charge in [-0.15, -0.1) is 0 Å². The summed E-state index contributed by atoms with van der Waals surface area (Å²) in [5.74, 6) is 0. The van der Waals surface area contributed by atoms with E-state index in [1.54, 1.807) is 0 Å². The first-order chi connectivity index (χ1) is 7.09. The maximum atomic E-state index is 11.2. The number of aryl methyl sites for hydroxylation is 3. The number of carbonyl (C=O) groups is 1. The molecule has 1 heterocycles. The maximum absolute atomic E-state index is 11.2. The highest BCUT2D eigenvalue weighted by Crippen LogP contribution is 2.35. The van der Waals surface area contributed by atoms with Crippen molar-refractivity contribution in [3.63, 3.8) is 0 Å². The summed E-state index contributed by atoms with van der Waals surface area (Å²) in [5, 5.41) is 0. The van der Waals surface area contributed by atoms with Crippen LogP contribution in [0, 0.1) is 20.8 Å². The van der Waals surface area contributed by atoms with E-state index in [0.29, 0.717) is 13.2 Å². The Labute approximate surface area is 90.3 Å². The summed E-state index contributed by atoms with van der Waals surface area (Å²) >= 11 is 0. The van der Waals surface area contributed by atoms with Gasteiger partial charge in [-0.1, -0.05) is 17.7 Å². The van der Waals surface area contributed by atoms with Crippen molar-refractivity contribution in [1.82, 2.24) is 0 Å². The second-order valence-corrected chi connectivity index (χ2v) is 4.54. The van der Waals surface area contributed by atoms with Crippen molar-refractivity contribution in [3.8, 4) is 0 Å². The van der Waals surface area contributed by atoms with Crippen LogP contribution in [0.4, 0.5) is 0 Å². The van der Waals surface area contributed by atoms with Crippen molar-refractivity contribution < 1.29 is 9.53 Å². The average molecular weight is 204 g/mol. The van der Waals surface area contributed by atoms with Crippen LogP contribution in [0.25, 0.3) is 0 Å². The molecule has 1 aromatic rings. The molecule has 0 bridgehead atoms. The molecule has 1 saturated heterocycles. The summed E-state index contributed by atoms with van der Waals surface area (Å²) in [6.45, 7) is 7.27. The first kappa shape index (κ1) is 10.4. The SMILES string of the molecule is Cc1cc(C)c(C2(C=O)COC2)c(C)c1. The fraction of sp³-hybridized carbons (Fsp3) is 0.462. The lowest BCUT2D eigenvalue weighted by Crippen LogP contribution is -2.49. The van der Waals surface area contributed by atoms with Crippen molar-refractivity contribution in [1.29, 1.82) is 0 Å². The van der Waals surface area contributed by atoms with Gasteiger partial charge < -0.3 is 9.53 Å². The molecule has 1 aliphatic rings. The van der Waals surface area contributed by atoms with Gasteiger partial charge in [-0.2, -0.15) is 0 Å². The smallest absolute Gasteiger partial charge is 0.135 e. The van der Waals surface area contributed by atoms with Crippen LogP contribution in [-0.4, -0.2) is 19.5 Å². The summed E-state index contributed by atoms with van der Waals surface area (Å²) in [7, 11) is 0. The van der Waals surface area contributed by atoms with Gasteiger partial charge in [-0.05, 0) is 37.5 Å². The van der Waals surface area contributed by atoms with Gasteiger partial charge in [0.25, 0.3) is 0 Å². The highest BCUT2D eigenvalue weighted by atomic mass is 16.5. The Morgan fingerprint density at radius 1 is 1.20 bits per heavy atom. The first-order valence-corrected chi connectivity index (χ1v) is 5.21. The second kappa shape index (κ2) is 3.46. The Morgan fingerprint density at radius 3 is 2.07 bits per heavy atom. The molecule has 1 aromatic carbocycles. The van der Waals surface area contributed by atoms with Gasteiger partial charge in [0.1, 0.15) is 6.29 Å². The van der Waals surface area contributed by atoms with Crippen LogP contribution < -0.4 is 0 Å². The molecule has 2 heteroatoms. The number of hydrogen-bond acceptors (Lipinski definition) is 2. The predicted molar refractivity (Wildman–Crippen MR) is 59.2 cm³/mol. The summed E-state index contributed by atoms with van der Waals surface area (Å²) in [6, 6.07) is 4.26. The number of benzene rings is 1. The molecule has 2 nitrogen and oxygen atoms in total. The number of aldehydes is 1. The maximum Gasteiger partial charge on any atom is 0.135 e. The molecule has 0 atom stereocenters. The number of hydrogen-bond donors (Lipinski definition) is 0. The standard InChI is InChI=1S/C13H16O2/c1-9-4-10(2)12(11(3)5-9)13(6-14)7-15-8-13/h4-6H,7-8H2,1-3H3. The van der Waals surface area contributed by atoms with E-state index in [9.17, 15) is 4.79 Å². The normalized spacial score (nSPS) is 18.3. The third-order valence-electron chi connectivity index (χ3n) is 3.12. The lowest BCUT2D eigenvalue weighted by Gasteiger charge is -2.39. The lowest BCUT2D eigenvalue weighted by molar-refractivity contribution is -0.130. The van der Waals surface area contributed by atoms with E-state index >= 15 is 0 Å². The van der Waals surface area contributed by atoms with Gasteiger partial charge in [-0.25, -0.2) is 0 Å². The number of rotatable bonds is 2. The van der Waals surface area contributed by atoms with Crippen LogP contribution in [0.15, 0.2) is 12.1 Å². The Morgan fingerprint density at radius 2 is 1.73 bits per heavy atom. The molecule has 0 unspecified atom stereocenters. The van der Waals surface area contributed by atoms with Gasteiger partial charge in [0.2, 0.25) is 0 Å². The van der Waals surface area contributed by atoms with Crippen LogP contribution in [0.5, 0.6) is 0 Å². The Kier molecular flexibility index (Phi) is 2.39.